The number of likely N-dealkylation sites (N-methyl/N-ethyl adjacent to an activating group) is 1. The van der Waals surface area contributed by atoms with Crippen molar-refractivity contribution in [2.24, 2.45) is 4.99 Å². The number of para-hydroxylation sites is 1. The van der Waals surface area contributed by atoms with Gasteiger partial charge in [0.05, 0.1) is 23.7 Å². The Bertz CT molecular complexity index is 942. The summed E-state index contributed by atoms with van der Waals surface area (Å²) in [4.78, 5) is 6.48. The lowest BCUT2D eigenvalue weighted by Crippen LogP contribution is -2.41. The summed E-state index contributed by atoms with van der Waals surface area (Å²) in [5.74, 6) is 1.67. The van der Waals surface area contributed by atoms with Crippen LogP contribution in [-0.4, -0.2) is 48.3 Å². The van der Waals surface area contributed by atoms with E-state index in [0.717, 1.165) is 34.4 Å². The molecule has 2 heterocycles. The minimum atomic E-state index is 0.116. The number of aromatic nitrogens is 2. The molecule has 0 bridgehead atoms. The average molecular weight is 395 g/mol. The summed E-state index contributed by atoms with van der Waals surface area (Å²) in [5, 5.41) is 11.4. The molecule has 0 saturated carbocycles. The molecule has 154 valence electrons. The van der Waals surface area contributed by atoms with E-state index in [0.29, 0.717) is 13.1 Å². The zero-order chi connectivity index (χ0) is 20.8. The average Bonchev–Trinajstić information content (AvgIpc) is 3.34. The second-order valence-corrected chi connectivity index (χ2v) is 7.27. The minimum absolute atomic E-state index is 0.116. The van der Waals surface area contributed by atoms with Crippen LogP contribution in [0.15, 0.2) is 58.1 Å². The Balaban J connectivity index is 1.67. The molecular weight excluding hydrogens is 364 g/mol. The van der Waals surface area contributed by atoms with Gasteiger partial charge in [-0.05, 0) is 57.8 Å². The zero-order valence-corrected chi connectivity index (χ0v) is 17.8. The zero-order valence-electron chi connectivity index (χ0n) is 17.8. The van der Waals surface area contributed by atoms with Gasteiger partial charge in [-0.1, -0.05) is 18.2 Å². The highest BCUT2D eigenvalue weighted by atomic mass is 16.3. The molecule has 0 spiro atoms. The van der Waals surface area contributed by atoms with Gasteiger partial charge in [0.1, 0.15) is 5.76 Å². The largest absolute Gasteiger partial charge is 0.468 e. The van der Waals surface area contributed by atoms with Crippen LogP contribution in [0, 0.1) is 13.8 Å². The maximum Gasteiger partial charge on any atom is 0.191 e. The molecule has 1 aromatic carbocycles. The van der Waals surface area contributed by atoms with Crippen LogP contribution in [0.2, 0.25) is 0 Å². The molecule has 0 fully saturated rings. The van der Waals surface area contributed by atoms with Crippen molar-refractivity contribution in [2.45, 2.75) is 26.4 Å². The molecule has 2 aromatic heterocycles. The molecule has 7 heteroatoms. The number of nitrogens with one attached hydrogen (secondary N) is 2. The first-order valence-corrected chi connectivity index (χ1v) is 9.75. The van der Waals surface area contributed by atoms with Gasteiger partial charge in [0.2, 0.25) is 0 Å². The van der Waals surface area contributed by atoms with E-state index in [9.17, 15) is 0 Å². The Hall–Kier alpha value is -3.06. The lowest BCUT2D eigenvalue weighted by atomic mass is 10.1. The topological polar surface area (TPSA) is 70.6 Å². The number of aryl methyl sites for hydroxylation is 2. The van der Waals surface area contributed by atoms with E-state index in [1.54, 1.807) is 13.3 Å². The predicted octanol–water partition coefficient (Wildman–Crippen LogP) is 3.05. The summed E-state index contributed by atoms with van der Waals surface area (Å²) in [6.45, 7) is 5.40. The molecule has 0 saturated heterocycles. The van der Waals surface area contributed by atoms with Gasteiger partial charge in [-0.3, -0.25) is 9.89 Å². The third kappa shape index (κ3) is 5.06. The van der Waals surface area contributed by atoms with Crippen molar-refractivity contribution in [3.8, 4) is 5.69 Å². The molecule has 1 unspecified atom stereocenters. The molecule has 0 amide bonds. The van der Waals surface area contributed by atoms with Crippen molar-refractivity contribution in [3.63, 3.8) is 0 Å². The van der Waals surface area contributed by atoms with Crippen molar-refractivity contribution >= 4 is 5.96 Å². The van der Waals surface area contributed by atoms with Crippen LogP contribution in [0.25, 0.3) is 5.69 Å². The fourth-order valence-electron chi connectivity index (χ4n) is 3.35. The SMILES string of the molecule is CN=C(NCc1ccccc1-n1nc(C)cc1C)NCC(c1ccco1)N(C)C. The molecule has 0 aliphatic rings. The first-order valence-electron chi connectivity index (χ1n) is 9.75. The Morgan fingerprint density at radius 3 is 2.59 bits per heavy atom. The number of benzene rings is 1. The third-order valence-corrected chi connectivity index (χ3v) is 4.86. The third-order valence-electron chi connectivity index (χ3n) is 4.86. The van der Waals surface area contributed by atoms with Crippen molar-refractivity contribution in [3.05, 3.63) is 71.4 Å². The van der Waals surface area contributed by atoms with Crippen LogP contribution in [-0.2, 0) is 6.54 Å². The molecule has 29 heavy (non-hydrogen) atoms. The van der Waals surface area contributed by atoms with Gasteiger partial charge in [-0.15, -0.1) is 0 Å². The van der Waals surface area contributed by atoms with Crippen LogP contribution < -0.4 is 10.6 Å². The number of rotatable bonds is 7. The Labute approximate surface area is 172 Å². The number of hydrogen-bond acceptors (Lipinski definition) is 4. The Morgan fingerprint density at radius 1 is 1.17 bits per heavy atom. The van der Waals surface area contributed by atoms with Crippen LogP contribution in [0.1, 0.15) is 28.8 Å². The molecule has 0 aliphatic heterocycles. The summed E-state index contributed by atoms with van der Waals surface area (Å²) in [5.41, 5.74) is 4.35. The standard InChI is InChI=1S/C22H30N6O/c1-16-13-17(2)28(26-16)19-10-7-6-9-18(19)14-24-22(23-3)25-15-20(27(4)5)21-11-8-12-29-21/h6-13,20H,14-15H2,1-5H3,(H2,23,24,25). The van der Waals surface area contributed by atoms with Crippen molar-refractivity contribution in [2.75, 3.05) is 27.7 Å². The maximum absolute atomic E-state index is 5.58. The lowest BCUT2D eigenvalue weighted by molar-refractivity contribution is 0.258. The van der Waals surface area contributed by atoms with E-state index in [1.165, 1.54) is 0 Å². The molecule has 2 N–H and O–H groups in total. The van der Waals surface area contributed by atoms with Gasteiger partial charge in [0.15, 0.2) is 5.96 Å². The highest BCUT2D eigenvalue weighted by molar-refractivity contribution is 5.79. The van der Waals surface area contributed by atoms with Crippen molar-refractivity contribution in [1.82, 2.24) is 25.3 Å². The first-order chi connectivity index (χ1) is 14.0. The summed E-state index contributed by atoms with van der Waals surface area (Å²) in [6.07, 6.45) is 1.70. The lowest BCUT2D eigenvalue weighted by Gasteiger charge is -2.24. The van der Waals surface area contributed by atoms with Crippen LogP contribution >= 0.6 is 0 Å². The second kappa shape index (κ2) is 9.43. The molecule has 3 rings (SSSR count). The van der Waals surface area contributed by atoms with Crippen molar-refractivity contribution in [1.29, 1.82) is 0 Å². The Kier molecular flexibility index (Phi) is 6.72. The van der Waals surface area contributed by atoms with E-state index in [-0.39, 0.29) is 6.04 Å². The number of hydrogen-bond donors (Lipinski definition) is 2. The van der Waals surface area contributed by atoms with Crippen LogP contribution in [0.4, 0.5) is 0 Å². The molecule has 7 nitrogen and oxygen atoms in total. The second-order valence-electron chi connectivity index (χ2n) is 7.27. The highest BCUT2D eigenvalue weighted by Crippen LogP contribution is 2.18. The van der Waals surface area contributed by atoms with E-state index in [4.69, 9.17) is 4.42 Å². The number of aliphatic imine (C=N–C) groups is 1. The molecule has 3 aromatic rings. The van der Waals surface area contributed by atoms with Gasteiger partial charge in [-0.25, -0.2) is 4.68 Å². The fourth-order valence-corrected chi connectivity index (χ4v) is 3.35. The van der Waals surface area contributed by atoms with E-state index in [1.807, 2.05) is 50.0 Å². The first kappa shape index (κ1) is 20.7. The summed E-state index contributed by atoms with van der Waals surface area (Å²) >= 11 is 0. The summed E-state index contributed by atoms with van der Waals surface area (Å²) < 4.78 is 7.57. The van der Waals surface area contributed by atoms with E-state index >= 15 is 0 Å². The molecule has 1 atom stereocenters. The van der Waals surface area contributed by atoms with E-state index in [2.05, 4.69) is 50.7 Å². The maximum atomic E-state index is 5.58. The van der Waals surface area contributed by atoms with Gasteiger partial charge in [-0.2, -0.15) is 5.10 Å². The smallest absolute Gasteiger partial charge is 0.191 e. The quantitative estimate of drug-likeness (QED) is 0.476. The molecule has 0 radical (unpaired) electrons. The van der Waals surface area contributed by atoms with Crippen LogP contribution in [0.5, 0.6) is 0 Å². The van der Waals surface area contributed by atoms with Crippen molar-refractivity contribution < 1.29 is 4.42 Å². The molecule has 0 aliphatic carbocycles. The number of guanidine groups is 1. The van der Waals surface area contributed by atoms with Crippen LogP contribution in [0.3, 0.4) is 0 Å². The highest BCUT2D eigenvalue weighted by Gasteiger charge is 2.17. The molecular formula is C22H30N6O. The fraction of sp³-hybridized carbons (Fsp3) is 0.364. The van der Waals surface area contributed by atoms with Gasteiger partial charge in [0.25, 0.3) is 0 Å². The number of nitrogens with zero attached hydrogens (tertiary/aromatic N) is 4. The Morgan fingerprint density at radius 2 is 1.97 bits per heavy atom. The van der Waals surface area contributed by atoms with E-state index < -0.39 is 0 Å². The van der Waals surface area contributed by atoms with Gasteiger partial charge >= 0.3 is 0 Å². The number of furan rings is 1. The summed E-state index contributed by atoms with van der Waals surface area (Å²) in [6, 6.07) is 14.4. The predicted molar refractivity (Wildman–Crippen MR) is 116 cm³/mol. The van der Waals surface area contributed by atoms with Gasteiger partial charge in [0, 0.05) is 25.8 Å². The minimum Gasteiger partial charge on any atom is -0.468 e. The normalized spacial score (nSPS) is 13.0. The van der Waals surface area contributed by atoms with Gasteiger partial charge < -0.3 is 15.1 Å². The monoisotopic (exact) mass is 394 g/mol. The summed E-state index contributed by atoms with van der Waals surface area (Å²) in [7, 11) is 5.85.